The Morgan fingerprint density at radius 1 is 1.05 bits per heavy atom. The van der Waals surface area contributed by atoms with Crippen molar-refractivity contribution in [1.29, 1.82) is 0 Å². The zero-order chi connectivity index (χ0) is 15.4. The molecule has 1 atom stereocenters. The monoisotopic (exact) mass is 329 g/mol. The van der Waals surface area contributed by atoms with Gasteiger partial charge in [-0.15, -0.1) is 0 Å². The van der Waals surface area contributed by atoms with Crippen molar-refractivity contribution in [3.05, 3.63) is 69.2 Å². The predicted octanol–water partition coefficient (Wildman–Crippen LogP) is 5.36. The first-order valence-electron chi connectivity index (χ1n) is 6.66. The van der Waals surface area contributed by atoms with Crippen LogP contribution in [0.4, 0.5) is 8.78 Å². The van der Waals surface area contributed by atoms with Gasteiger partial charge >= 0.3 is 0 Å². The number of benzene rings is 2. The van der Waals surface area contributed by atoms with E-state index in [0.29, 0.717) is 22.2 Å². The maximum absolute atomic E-state index is 14.1. The van der Waals surface area contributed by atoms with Crippen LogP contribution in [0.5, 0.6) is 0 Å². The van der Waals surface area contributed by atoms with E-state index < -0.39 is 17.7 Å². The summed E-state index contributed by atoms with van der Waals surface area (Å²) in [7, 11) is 0. The third-order valence-electron chi connectivity index (χ3n) is 3.15. The van der Waals surface area contributed by atoms with E-state index in [0.717, 1.165) is 18.1 Å². The Hall–Kier alpha value is -1.16. The molecule has 1 unspecified atom stereocenters. The molecule has 0 bridgehead atoms. The Kier molecular flexibility index (Phi) is 5.57. The van der Waals surface area contributed by atoms with E-state index in [1.165, 1.54) is 12.1 Å². The highest BCUT2D eigenvalue weighted by atomic mass is 35.5. The molecule has 0 aliphatic rings. The number of nitrogens with one attached hydrogen (secondary N) is 1. The van der Waals surface area contributed by atoms with Gasteiger partial charge in [0.25, 0.3) is 0 Å². The van der Waals surface area contributed by atoms with Crippen molar-refractivity contribution in [1.82, 2.24) is 5.32 Å². The van der Waals surface area contributed by atoms with Crippen LogP contribution >= 0.6 is 23.2 Å². The van der Waals surface area contributed by atoms with Gasteiger partial charge in [0.1, 0.15) is 11.6 Å². The van der Waals surface area contributed by atoms with Crippen LogP contribution in [-0.4, -0.2) is 6.54 Å². The van der Waals surface area contributed by atoms with Crippen molar-refractivity contribution >= 4 is 23.2 Å². The third kappa shape index (κ3) is 3.94. The molecular weight excluding hydrogens is 315 g/mol. The van der Waals surface area contributed by atoms with Crippen molar-refractivity contribution < 1.29 is 8.78 Å². The number of rotatable bonds is 5. The second kappa shape index (κ2) is 7.21. The lowest BCUT2D eigenvalue weighted by Crippen LogP contribution is -2.24. The number of halogens is 4. The predicted molar refractivity (Wildman–Crippen MR) is 83.0 cm³/mol. The van der Waals surface area contributed by atoms with Crippen LogP contribution in [0.25, 0.3) is 0 Å². The fourth-order valence-corrected chi connectivity index (χ4v) is 2.43. The van der Waals surface area contributed by atoms with Gasteiger partial charge in [0, 0.05) is 11.6 Å². The summed E-state index contributed by atoms with van der Waals surface area (Å²) in [6, 6.07) is 8.32. The molecule has 0 aliphatic heterocycles. The Morgan fingerprint density at radius 3 is 2.43 bits per heavy atom. The molecule has 0 amide bonds. The smallest absolute Gasteiger partial charge is 0.131 e. The van der Waals surface area contributed by atoms with Gasteiger partial charge < -0.3 is 5.32 Å². The number of hydrogen-bond donors (Lipinski definition) is 1. The molecule has 0 fully saturated rings. The van der Waals surface area contributed by atoms with Crippen molar-refractivity contribution in [2.24, 2.45) is 0 Å². The summed E-state index contributed by atoms with van der Waals surface area (Å²) >= 11 is 11.9. The minimum Gasteiger partial charge on any atom is -0.306 e. The van der Waals surface area contributed by atoms with Crippen molar-refractivity contribution in [2.45, 2.75) is 19.4 Å². The third-order valence-corrected chi connectivity index (χ3v) is 3.89. The Labute approximate surface area is 132 Å². The molecule has 0 saturated heterocycles. The Bertz CT molecular complexity index is 632. The molecule has 0 saturated carbocycles. The van der Waals surface area contributed by atoms with E-state index in [1.807, 2.05) is 6.92 Å². The molecule has 5 heteroatoms. The zero-order valence-corrected chi connectivity index (χ0v) is 13.0. The molecule has 0 aliphatic carbocycles. The fourth-order valence-electron chi connectivity index (χ4n) is 2.12. The molecule has 1 N–H and O–H groups in total. The highest BCUT2D eigenvalue weighted by molar-refractivity contribution is 6.42. The first-order chi connectivity index (χ1) is 10.0. The lowest BCUT2D eigenvalue weighted by Gasteiger charge is -2.20. The fraction of sp³-hybridized carbons (Fsp3) is 0.250. The molecule has 1 nitrogen and oxygen atoms in total. The van der Waals surface area contributed by atoms with Crippen LogP contribution in [0, 0.1) is 11.6 Å². The number of hydrogen-bond acceptors (Lipinski definition) is 1. The molecule has 2 aromatic carbocycles. The maximum atomic E-state index is 14.1. The Morgan fingerprint density at radius 2 is 1.81 bits per heavy atom. The second-order valence-electron chi connectivity index (χ2n) is 4.73. The summed E-state index contributed by atoms with van der Waals surface area (Å²) in [5.74, 6) is -1.19. The molecule has 0 spiro atoms. The summed E-state index contributed by atoms with van der Waals surface area (Å²) in [5.41, 5.74) is 1.16. The summed E-state index contributed by atoms with van der Waals surface area (Å²) in [6.07, 6.45) is 0.890. The van der Waals surface area contributed by atoms with Crippen LogP contribution < -0.4 is 5.32 Å². The van der Waals surface area contributed by atoms with Gasteiger partial charge in [-0.05, 0) is 36.7 Å². The zero-order valence-electron chi connectivity index (χ0n) is 11.5. The van der Waals surface area contributed by atoms with E-state index >= 15 is 0 Å². The molecular formula is C16H15Cl2F2N. The molecule has 2 rings (SSSR count). The van der Waals surface area contributed by atoms with Gasteiger partial charge in [0.2, 0.25) is 0 Å². The van der Waals surface area contributed by atoms with E-state index in [2.05, 4.69) is 5.32 Å². The first-order valence-corrected chi connectivity index (χ1v) is 7.41. The highest BCUT2D eigenvalue weighted by Crippen LogP contribution is 2.30. The molecule has 0 radical (unpaired) electrons. The van der Waals surface area contributed by atoms with Crippen LogP contribution in [0.1, 0.15) is 30.5 Å². The minimum absolute atomic E-state index is 0.378. The van der Waals surface area contributed by atoms with Crippen molar-refractivity contribution in [3.8, 4) is 0 Å². The molecule has 2 aromatic rings. The average molecular weight is 330 g/mol. The maximum Gasteiger partial charge on any atom is 0.131 e. The van der Waals surface area contributed by atoms with E-state index in [9.17, 15) is 8.78 Å². The van der Waals surface area contributed by atoms with Crippen LogP contribution in [0.3, 0.4) is 0 Å². The van der Waals surface area contributed by atoms with Crippen molar-refractivity contribution in [3.63, 3.8) is 0 Å². The van der Waals surface area contributed by atoms with Crippen LogP contribution in [0.2, 0.25) is 10.0 Å². The quantitative estimate of drug-likeness (QED) is 0.778. The van der Waals surface area contributed by atoms with E-state index in [1.54, 1.807) is 18.2 Å². The van der Waals surface area contributed by atoms with Crippen LogP contribution in [0.15, 0.2) is 36.4 Å². The lowest BCUT2D eigenvalue weighted by atomic mass is 9.98. The summed E-state index contributed by atoms with van der Waals surface area (Å²) in [6.45, 7) is 2.71. The Balaban J connectivity index is 2.44. The van der Waals surface area contributed by atoms with Gasteiger partial charge in [-0.2, -0.15) is 0 Å². The minimum atomic E-state index is -0.598. The SMILES string of the molecule is CCCNC(c1ccc(Cl)c(Cl)c1)c1ccc(F)cc1F. The van der Waals surface area contributed by atoms with E-state index in [4.69, 9.17) is 23.2 Å². The second-order valence-corrected chi connectivity index (χ2v) is 5.54. The molecule has 0 heterocycles. The summed E-state index contributed by atoms with van der Waals surface area (Å²) < 4.78 is 27.1. The van der Waals surface area contributed by atoms with Gasteiger partial charge in [-0.25, -0.2) is 8.78 Å². The molecule has 112 valence electrons. The summed E-state index contributed by atoms with van der Waals surface area (Å²) in [4.78, 5) is 0. The lowest BCUT2D eigenvalue weighted by molar-refractivity contribution is 0.533. The van der Waals surface area contributed by atoms with E-state index in [-0.39, 0.29) is 0 Å². The topological polar surface area (TPSA) is 12.0 Å². The van der Waals surface area contributed by atoms with Gasteiger partial charge in [0.15, 0.2) is 0 Å². The van der Waals surface area contributed by atoms with Gasteiger partial charge in [-0.3, -0.25) is 0 Å². The van der Waals surface area contributed by atoms with Gasteiger partial charge in [0.05, 0.1) is 16.1 Å². The molecule has 0 aromatic heterocycles. The standard InChI is InChI=1S/C16H15Cl2F2N/c1-2-7-21-16(10-3-6-13(17)14(18)8-10)12-5-4-11(19)9-15(12)20/h3-6,8-9,16,21H,2,7H2,1H3. The van der Waals surface area contributed by atoms with Gasteiger partial charge in [-0.1, -0.05) is 42.3 Å². The summed E-state index contributed by atoms with van der Waals surface area (Å²) in [5, 5.41) is 4.09. The van der Waals surface area contributed by atoms with Crippen molar-refractivity contribution in [2.75, 3.05) is 6.54 Å². The largest absolute Gasteiger partial charge is 0.306 e. The van der Waals surface area contributed by atoms with Crippen LogP contribution in [-0.2, 0) is 0 Å². The normalized spacial score (nSPS) is 12.4. The highest BCUT2D eigenvalue weighted by Gasteiger charge is 2.18. The first kappa shape index (κ1) is 16.2. The molecule has 21 heavy (non-hydrogen) atoms. The average Bonchev–Trinajstić information content (AvgIpc) is 2.44.